The van der Waals surface area contributed by atoms with Crippen molar-refractivity contribution >= 4 is 5.91 Å². The SMILES string of the molecule is CC1(C)Oc2ccc(C#N)cc2[C@H](NC(=O)c2ccc(F)cc2)[C@@H]1O. The average molecular weight is 340 g/mol. The molecule has 0 spiro atoms. The third-order valence-corrected chi connectivity index (χ3v) is 4.27. The average Bonchev–Trinajstić information content (AvgIpc) is 2.59. The second-order valence-electron chi connectivity index (χ2n) is 6.47. The van der Waals surface area contributed by atoms with Gasteiger partial charge >= 0.3 is 0 Å². The summed E-state index contributed by atoms with van der Waals surface area (Å²) in [5.41, 5.74) is 0.273. The van der Waals surface area contributed by atoms with Crippen LogP contribution >= 0.6 is 0 Å². The Bertz CT molecular complexity index is 856. The van der Waals surface area contributed by atoms with Crippen molar-refractivity contribution in [1.29, 1.82) is 5.26 Å². The number of hydrogen-bond donors (Lipinski definition) is 2. The molecule has 25 heavy (non-hydrogen) atoms. The quantitative estimate of drug-likeness (QED) is 0.881. The number of hydrogen-bond acceptors (Lipinski definition) is 4. The maximum absolute atomic E-state index is 13.0. The molecule has 0 unspecified atom stereocenters. The molecular formula is C19H17FN2O3. The van der Waals surface area contributed by atoms with Gasteiger partial charge in [-0.05, 0) is 56.3 Å². The van der Waals surface area contributed by atoms with Crippen LogP contribution in [0.25, 0.3) is 0 Å². The summed E-state index contributed by atoms with van der Waals surface area (Å²) in [5, 5.41) is 22.5. The fraction of sp³-hybridized carbons (Fsp3) is 0.263. The predicted octanol–water partition coefficient (Wildman–Crippen LogP) is 2.70. The van der Waals surface area contributed by atoms with E-state index >= 15 is 0 Å². The molecule has 1 amide bonds. The summed E-state index contributed by atoms with van der Waals surface area (Å²) in [5.74, 6) is -0.387. The molecule has 2 aromatic carbocycles. The Morgan fingerprint density at radius 1 is 1.28 bits per heavy atom. The molecule has 0 fully saturated rings. The van der Waals surface area contributed by atoms with Crippen LogP contribution in [-0.4, -0.2) is 22.7 Å². The lowest BCUT2D eigenvalue weighted by atomic mass is 9.85. The van der Waals surface area contributed by atoms with Crippen LogP contribution in [-0.2, 0) is 0 Å². The largest absolute Gasteiger partial charge is 0.485 e. The number of nitrogens with one attached hydrogen (secondary N) is 1. The van der Waals surface area contributed by atoms with E-state index in [-0.39, 0.29) is 5.56 Å². The molecule has 0 saturated carbocycles. The Balaban J connectivity index is 1.97. The van der Waals surface area contributed by atoms with Crippen molar-refractivity contribution in [3.8, 4) is 11.8 Å². The van der Waals surface area contributed by atoms with Crippen LogP contribution in [0.5, 0.6) is 5.75 Å². The number of halogens is 1. The molecular weight excluding hydrogens is 323 g/mol. The normalized spacial score (nSPS) is 20.8. The van der Waals surface area contributed by atoms with Gasteiger partial charge in [-0.3, -0.25) is 4.79 Å². The summed E-state index contributed by atoms with van der Waals surface area (Å²) < 4.78 is 18.8. The lowest BCUT2D eigenvalue weighted by Crippen LogP contribution is -2.53. The molecule has 128 valence electrons. The monoisotopic (exact) mass is 340 g/mol. The molecule has 3 rings (SSSR count). The van der Waals surface area contributed by atoms with Crippen LogP contribution in [0, 0.1) is 17.1 Å². The minimum absolute atomic E-state index is 0.274. The fourth-order valence-electron chi connectivity index (χ4n) is 2.85. The first kappa shape index (κ1) is 16.9. The number of carbonyl (C=O) groups is 1. The van der Waals surface area contributed by atoms with Gasteiger partial charge in [0, 0.05) is 11.1 Å². The Morgan fingerprint density at radius 2 is 1.96 bits per heavy atom. The highest BCUT2D eigenvalue weighted by Gasteiger charge is 2.43. The second kappa shape index (κ2) is 6.19. The summed E-state index contributed by atoms with van der Waals surface area (Å²) in [6.45, 7) is 3.44. The van der Waals surface area contributed by atoms with Crippen molar-refractivity contribution < 1.29 is 19.0 Å². The first-order valence-electron chi connectivity index (χ1n) is 7.79. The maximum Gasteiger partial charge on any atom is 0.251 e. The van der Waals surface area contributed by atoms with Crippen LogP contribution in [0.2, 0.25) is 0 Å². The molecule has 0 aliphatic carbocycles. The maximum atomic E-state index is 13.0. The van der Waals surface area contributed by atoms with E-state index in [1.54, 1.807) is 32.0 Å². The molecule has 0 radical (unpaired) electrons. The van der Waals surface area contributed by atoms with Gasteiger partial charge in [-0.15, -0.1) is 0 Å². The van der Waals surface area contributed by atoms with Gasteiger partial charge in [0.15, 0.2) is 0 Å². The van der Waals surface area contributed by atoms with Crippen LogP contribution in [0.15, 0.2) is 42.5 Å². The summed E-state index contributed by atoms with van der Waals surface area (Å²) in [7, 11) is 0. The van der Waals surface area contributed by atoms with Crippen LogP contribution in [0.4, 0.5) is 4.39 Å². The Kier molecular flexibility index (Phi) is 4.19. The number of amides is 1. The highest BCUT2D eigenvalue weighted by molar-refractivity contribution is 5.94. The topological polar surface area (TPSA) is 82.3 Å². The molecule has 5 nitrogen and oxygen atoms in total. The molecule has 2 aromatic rings. The van der Waals surface area contributed by atoms with Gasteiger partial charge in [0.05, 0.1) is 17.7 Å². The Morgan fingerprint density at radius 3 is 2.60 bits per heavy atom. The number of fused-ring (bicyclic) bond motifs is 1. The number of benzene rings is 2. The molecule has 1 aliphatic heterocycles. The molecule has 0 aromatic heterocycles. The van der Waals surface area contributed by atoms with Crippen molar-refractivity contribution in [2.45, 2.75) is 31.6 Å². The number of aliphatic hydroxyl groups excluding tert-OH is 1. The van der Waals surface area contributed by atoms with Crippen molar-refractivity contribution in [2.75, 3.05) is 0 Å². The smallest absolute Gasteiger partial charge is 0.251 e. The third-order valence-electron chi connectivity index (χ3n) is 4.27. The summed E-state index contributed by atoms with van der Waals surface area (Å²) in [4.78, 5) is 12.5. The van der Waals surface area contributed by atoms with Crippen LogP contribution < -0.4 is 10.1 Å². The number of nitrogens with zero attached hydrogens (tertiary/aromatic N) is 1. The highest BCUT2D eigenvalue weighted by Crippen LogP contribution is 2.40. The second-order valence-corrected chi connectivity index (χ2v) is 6.47. The van der Waals surface area contributed by atoms with Crippen molar-refractivity contribution in [3.05, 3.63) is 65.0 Å². The van der Waals surface area contributed by atoms with Gasteiger partial charge in [0.2, 0.25) is 0 Å². The minimum Gasteiger partial charge on any atom is -0.485 e. The van der Waals surface area contributed by atoms with Gasteiger partial charge in [-0.25, -0.2) is 4.39 Å². The lowest BCUT2D eigenvalue weighted by Gasteiger charge is -2.42. The van der Waals surface area contributed by atoms with Crippen LogP contribution in [0.3, 0.4) is 0 Å². The van der Waals surface area contributed by atoms with E-state index in [2.05, 4.69) is 5.32 Å². The zero-order valence-electron chi connectivity index (χ0n) is 13.8. The molecule has 2 atom stereocenters. The van der Waals surface area contributed by atoms with E-state index in [0.717, 1.165) is 0 Å². The Hall–Kier alpha value is -2.91. The van der Waals surface area contributed by atoms with Crippen molar-refractivity contribution in [1.82, 2.24) is 5.32 Å². The Labute approximate surface area is 144 Å². The van der Waals surface area contributed by atoms with Crippen molar-refractivity contribution in [2.24, 2.45) is 0 Å². The fourth-order valence-corrected chi connectivity index (χ4v) is 2.85. The van der Waals surface area contributed by atoms with E-state index in [9.17, 15) is 14.3 Å². The van der Waals surface area contributed by atoms with Gasteiger partial charge < -0.3 is 15.2 Å². The third kappa shape index (κ3) is 3.19. The van der Waals surface area contributed by atoms with Gasteiger partial charge in [0.1, 0.15) is 23.3 Å². The lowest BCUT2D eigenvalue weighted by molar-refractivity contribution is -0.0627. The summed E-state index contributed by atoms with van der Waals surface area (Å²) in [6.07, 6.45) is -1.03. The first-order valence-corrected chi connectivity index (χ1v) is 7.79. The molecule has 0 saturated heterocycles. The van der Waals surface area contributed by atoms with E-state index in [4.69, 9.17) is 10.00 Å². The molecule has 1 aliphatic rings. The number of rotatable bonds is 2. The van der Waals surface area contributed by atoms with E-state index < -0.39 is 29.5 Å². The molecule has 1 heterocycles. The van der Waals surface area contributed by atoms with E-state index in [0.29, 0.717) is 16.9 Å². The zero-order chi connectivity index (χ0) is 18.2. The predicted molar refractivity (Wildman–Crippen MR) is 88.5 cm³/mol. The number of aliphatic hydroxyl groups is 1. The number of nitriles is 1. The van der Waals surface area contributed by atoms with Gasteiger partial charge in [-0.2, -0.15) is 5.26 Å². The standard InChI is InChI=1S/C19H17FN2O3/c1-19(2)17(23)16(14-9-11(10-21)3-8-15(14)25-19)22-18(24)12-4-6-13(20)7-5-12/h3-9,16-17,23H,1-2H3,(H,22,24)/t16-,17-/m0/s1. The molecule has 6 heteroatoms. The van der Waals surface area contributed by atoms with E-state index in [1.165, 1.54) is 24.3 Å². The minimum atomic E-state index is -1.03. The van der Waals surface area contributed by atoms with Gasteiger partial charge in [-0.1, -0.05) is 0 Å². The van der Waals surface area contributed by atoms with Crippen molar-refractivity contribution in [3.63, 3.8) is 0 Å². The molecule has 0 bridgehead atoms. The summed E-state index contributed by atoms with van der Waals surface area (Å²) >= 11 is 0. The van der Waals surface area contributed by atoms with Gasteiger partial charge in [0.25, 0.3) is 5.91 Å². The first-order chi connectivity index (χ1) is 11.8. The summed E-state index contributed by atoms with van der Waals surface area (Å²) in [6, 6.07) is 11.3. The van der Waals surface area contributed by atoms with E-state index in [1.807, 2.05) is 6.07 Å². The number of ether oxygens (including phenoxy) is 1. The highest BCUT2D eigenvalue weighted by atomic mass is 19.1. The number of carbonyl (C=O) groups excluding carboxylic acids is 1. The zero-order valence-corrected chi connectivity index (χ0v) is 13.8. The molecule has 2 N–H and O–H groups in total. The van der Waals surface area contributed by atoms with Crippen LogP contribution in [0.1, 0.15) is 41.4 Å².